The molecule has 0 amide bonds. The molecule has 0 unspecified atom stereocenters. The molecule has 1 aromatic carbocycles. The summed E-state index contributed by atoms with van der Waals surface area (Å²) in [6.45, 7) is 11.3. The van der Waals surface area contributed by atoms with E-state index < -0.39 is 0 Å². The maximum atomic E-state index is 3.51. The molecule has 1 saturated heterocycles. The smallest absolute Gasteiger partial charge is 0.0377 e. The Morgan fingerprint density at radius 1 is 0.962 bits per heavy atom. The first kappa shape index (κ1) is 23.6. The van der Waals surface area contributed by atoms with Gasteiger partial charge in [-0.1, -0.05) is 31.4 Å². The Morgan fingerprint density at radius 3 is 2.08 bits per heavy atom. The quantitative estimate of drug-likeness (QED) is 0.730. The minimum Gasteiger partial charge on any atom is -0.372 e. The lowest BCUT2D eigenvalue weighted by atomic mass is 9.80. The summed E-state index contributed by atoms with van der Waals surface area (Å²) >= 11 is 0. The van der Waals surface area contributed by atoms with Crippen molar-refractivity contribution in [3.63, 3.8) is 0 Å². The molecule has 2 fully saturated rings. The molecule has 5 heteroatoms. The van der Waals surface area contributed by atoms with Crippen LogP contribution in [-0.4, -0.2) is 44.2 Å². The molecular formula is C21H37Cl2N3. The summed E-state index contributed by atoms with van der Waals surface area (Å²) in [4.78, 5) is 5.18. The average Bonchev–Trinajstić information content (AvgIpc) is 2.66. The zero-order chi connectivity index (χ0) is 16.8. The number of piperazine rings is 1. The van der Waals surface area contributed by atoms with Crippen LogP contribution in [0.1, 0.15) is 57.6 Å². The molecule has 150 valence electrons. The van der Waals surface area contributed by atoms with E-state index >= 15 is 0 Å². The second kappa shape index (κ2) is 12.1. The normalized spacial score (nSPS) is 19.9. The summed E-state index contributed by atoms with van der Waals surface area (Å²) in [6, 6.07) is 10.1. The molecule has 1 aliphatic carbocycles. The molecule has 1 aromatic rings. The number of halogens is 2. The van der Waals surface area contributed by atoms with Crippen molar-refractivity contribution in [1.29, 1.82) is 0 Å². The zero-order valence-corrected chi connectivity index (χ0v) is 18.1. The van der Waals surface area contributed by atoms with Crippen LogP contribution in [0, 0.1) is 5.92 Å². The van der Waals surface area contributed by atoms with Crippen molar-refractivity contribution in [2.75, 3.05) is 44.2 Å². The first-order valence-corrected chi connectivity index (χ1v) is 10.1. The van der Waals surface area contributed by atoms with Gasteiger partial charge in [-0.2, -0.15) is 0 Å². The van der Waals surface area contributed by atoms with Crippen LogP contribution in [-0.2, 0) is 0 Å². The van der Waals surface area contributed by atoms with E-state index in [4.69, 9.17) is 0 Å². The highest BCUT2D eigenvalue weighted by Gasteiger charge is 2.30. The molecule has 0 bridgehead atoms. The third-order valence-corrected chi connectivity index (χ3v) is 6.00. The highest BCUT2D eigenvalue weighted by Crippen LogP contribution is 2.39. The first-order valence-electron chi connectivity index (χ1n) is 10.1. The number of hydrogen-bond acceptors (Lipinski definition) is 3. The van der Waals surface area contributed by atoms with Gasteiger partial charge in [0.1, 0.15) is 0 Å². The van der Waals surface area contributed by atoms with Gasteiger partial charge < -0.3 is 10.2 Å². The lowest BCUT2D eigenvalue weighted by molar-refractivity contribution is 0.103. The molecule has 26 heavy (non-hydrogen) atoms. The summed E-state index contributed by atoms with van der Waals surface area (Å²) in [5.41, 5.74) is 2.91. The Balaban J connectivity index is 0.00000169. The standard InChI is InChI=1S/C21H35N3.2ClH/c1-3-23(4-2)20-12-10-19(11-13-20)21(18-8-6-5-7-9-18)24-16-14-22-15-17-24;;/h10-13,18,21-22H,3-9,14-17H2,1-2H3;2*1H/t21-;;/m0../s1. The Hall–Kier alpha value is -0.480. The maximum absolute atomic E-state index is 3.51. The second-order valence-corrected chi connectivity index (χ2v) is 7.39. The monoisotopic (exact) mass is 401 g/mol. The van der Waals surface area contributed by atoms with Gasteiger partial charge in [-0.15, -0.1) is 24.8 Å². The van der Waals surface area contributed by atoms with Crippen LogP contribution in [0.5, 0.6) is 0 Å². The van der Waals surface area contributed by atoms with Crippen LogP contribution in [0.4, 0.5) is 5.69 Å². The van der Waals surface area contributed by atoms with Crippen molar-refractivity contribution in [2.24, 2.45) is 5.92 Å². The minimum atomic E-state index is 0. The maximum Gasteiger partial charge on any atom is 0.0377 e. The fraction of sp³-hybridized carbons (Fsp3) is 0.714. The van der Waals surface area contributed by atoms with Gasteiger partial charge in [-0.25, -0.2) is 0 Å². The van der Waals surface area contributed by atoms with Crippen LogP contribution >= 0.6 is 24.8 Å². The van der Waals surface area contributed by atoms with Gasteiger partial charge in [-0.3, -0.25) is 4.90 Å². The number of benzene rings is 1. The van der Waals surface area contributed by atoms with E-state index in [-0.39, 0.29) is 24.8 Å². The van der Waals surface area contributed by atoms with Crippen molar-refractivity contribution in [3.05, 3.63) is 29.8 Å². The van der Waals surface area contributed by atoms with Crippen LogP contribution in [0.25, 0.3) is 0 Å². The average molecular weight is 402 g/mol. The van der Waals surface area contributed by atoms with Gasteiger partial charge in [-0.05, 0) is 50.3 Å². The molecule has 1 aliphatic heterocycles. The predicted octanol–water partition coefficient (Wildman–Crippen LogP) is 4.90. The Bertz CT molecular complexity index is 461. The molecule has 1 atom stereocenters. The Labute approximate surface area is 172 Å². The fourth-order valence-electron chi connectivity index (χ4n) is 4.66. The minimum absolute atomic E-state index is 0. The molecule has 2 aliphatic rings. The molecule has 3 nitrogen and oxygen atoms in total. The second-order valence-electron chi connectivity index (χ2n) is 7.39. The number of nitrogens with zero attached hydrogens (tertiary/aromatic N) is 2. The SMILES string of the molecule is CCN(CC)c1ccc([C@H](C2CCCCC2)N2CCNCC2)cc1.Cl.Cl. The molecular weight excluding hydrogens is 365 g/mol. The zero-order valence-electron chi connectivity index (χ0n) is 16.5. The van der Waals surface area contributed by atoms with E-state index in [0.717, 1.165) is 32.1 Å². The Morgan fingerprint density at radius 2 is 1.54 bits per heavy atom. The summed E-state index contributed by atoms with van der Waals surface area (Å²) in [7, 11) is 0. The van der Waals surface area contributed by atoms with Gasteiger partial charge in [0.15, 0.2) is 0 Å². The highest BCUT2D eigenvalue weighted by atomic mass is 35.5. The summed E-state index contributed by atoms with van der Waals surface area (Å²) in [5, 5.41) is 3.51. The van der Waals surface area contributed by atoms with Crippen molar-refractivity contribution in [3.8, 4) is 0 Å². The first-order chi connectivity index (χ1) is 11.8. The van der Waals surface area contributed by atoms with E-state index in [1.54, 1.807) is 5.56 Å². The van der Waals surface area contributed by atoms with Crippen LogP contribution in [0.15, 0.2) is 24.3 Å². The Kier molecular flexibility index (Phi) is 10.9. The molecule has 0 radical (unpaired) electrons. The fourth-order valence-corrected chi connectivity index (χ4v) is 4.66. The van der Waals surface area contributed by atoms with Crippen LogP contribution in [0.3, 0.4) is 0 Å². The largest absolute Gasteiger partial charge is 0.372 e. The third-order valence-electron chi connectivity index (χ3n) is 6.00. The van der Waals surface area contributed by atoms with Crippen molar-refractivity contribution in [2.45, 2.75) is 52.0 Å². The van der Waals surface area contributed by atoms with Crippen molar-refractivity contribution in [1.82, 2.24) is 10.2 Å². The van der Waals surface area contributed by atoms with E-state index in [0.29, 0.717) is 6.04 Å². The predicted molar refractivity (Wildman–Crippen MR) is 118 cm³/mol. The third kappa shape index (κ3) is 5.76. The van der Waals surface area contributed by atoms with E-state index in [9.17, 15) is 0 Å². The molecule has 1 N–H and O–H groups in total. The van der Waals surface area contributed by atoms with E-state index in [1.165, 1.54) is 50.9 Å². The van der Waals surface area contributed by atoms with Crippen molar-refractivity contribution < 1.29 is 0 Å². The number of nitrogens with one attached hydrogen (secondary N) is 1. The summed E-state index contributed by atoms with van der Waals surface area (Å²) in [6.07, 6.45) is 7.10. The van der Waals surface area contributed by atoms with Gasteiger partial charge in [0.2, 0.25) is 0 Å². The topological polar surface area (TPSA) is 18.5 Å². The number of hydrogen-bond donors (Lipinski definition) is 1. The van der Waals surface area contributed by atoms with Gasteiger partial charge in [0.05, 0.1) is 0 Å². The van der Waals surface area contributed by atoms with Gasteiger partial charge >= 0.3 is 0 Å². The lowest BCUT2D eigenvalue weighted by Crippen LogP contribution is -2.47. The summed E-state index contributed by atoms with van der Waals surface area (Å²) < 4.78 is 0. The molecule has 3 rings (SSSR count). The number of anilines is 1. The molecule has 1 saturated carbocycles. The molecule has 0 aromatic heterocycles. The molecule has 0 spiro atoms. The summed E-state index contributed by atoms with van der Waals surface area (Å²) in [5.74, 6) is 0.844. The van der Waals surface area contributed by atoms with Gasteiger partial charge in [0, 0.05) is 51.0 Å². The highest BCUT2D eigenvalue weighted by molar-refractivity contribution is 5.85. The van der Waals surface area contributed by atoms with Crippen LogP contribution in [0.2, 0.25) is 0 Å². The van der Waals surface area contributed by atoms with Crippen LogP contribution < -0.4 is 10.2 Å². The van der Waals surface area contributed by atoms with Gasteiger partial charge in [0.25, 0.3) is 0 Å². The molecule has 1 heterocycles. The van der Waals surface area contributed by atoms with E-state index in [2.05, 4.69) is 53.2 Å². The van der Waals surface area contributed by atoms with Crippen molar-refractivity contribution >= 4 is 30.5 Å². The number of rotatable bonds is 6. The lowest BCUT2D eigenvalue weighted by Gasteiger charge is -2.41. The van der Waals surface area contributed by atoms with E-state index in [1.807, 2.05) is 0 Å².